The molecule has 3 aromatic rings. The molecule has 0 atom stereocenters. The topological polar surface area (TPSA) is 71.3 Å². The number of benzene rings is 1. The van der Waals surface area contributed by atoms with Crippen LogP contribution >= 0.6 is 0 Å². The summed E-state index contributed by atoms with van der Waals surface area (Å²) in [6, 6.07) is 10.0. The summed E-state index contributed by atoms with van der Waals surface area (Å²) in [5.74, 6) is 1.19. The monoisotopic (exact) mass is 364 g/mol. The zero-order valence-corrected chi connectivity index (χ0v) is 16.0. The molecule has 2 heterocycles. The molecule has 0 bridgehead atoms. The summed E-state index contributed by atoms with van der Waals surface area (Å²) in [6.45, 7) is 7.11. The quantitative estimate of drug-likeness (QED) is 0.711. The number of carbonyl (C=O) groups excluding carboxylic acids is 1. The van der Waals surface area contributed by atoms with Gasteiger partial charge in [-0.3, -0.25) is 4.79 Å². The normalized spacial score (nSPS) is 14.9. The maximum absolute atomic E-state index is 13.4. The molecule has 0 radical (unpaired) electrons. The second kappa shape index (κ2) is 6.68. The first-order chi connectivity index (χ1) is 13.0. The summed E-state index contributed by atoms with van der Waals surface area (Å²) in [5, 5.41) is 4.15. The Morgan fingerprint density at radius 2 is 2.00 bits per heavy atom. The molecule has 1 aliphatic rings. The predicted molar refractivity (Wildman–Crippen MR) is 105 cm³/mol. The minimum atomic E-state index is -0.0589. The van der Waals surface area contributed by atoms with E-state index in [0.717, 1.165) is 18.4 Å². The van der Waals surface area contributed by atoms with Crippen molar-refractivity contribution in [2.24, 2.45) is 0 Å². The highest BCUT2D eigenvalue weighted by atomic mass is 16.3. The molecule has 0 spiro atoms. The first-order valence-electron chi connectivity index (χ1n) is 9.36. The Morgan fingerprint density at radius 3 is 2.67 bits per heavy atom. The van der Waals surface area contributed by atoms with E-state index in [2.05, 4.69) is 22.2 Å². The van der Waals surface area contributed by atoms with Crippen LogP contribution in [0.25, 0.3) is 11.1 Å². The molecular formula is C21H24N4O2. The minimum absolute atomic E-state index is 0.0429. The Bertz CT molecular complexity index is 977. The van der Waals surface area contributed by atoms with Crippen LogP contribution in [0.5, 0.6) is 0 Å². The molecule has 2 aromatic heterocycles. The molecule has 0 aliphatic heterocycles. The number of amides is 1. The van der Waals surface area contributed by atoms with E-state index in [0.29, 0.717) is 41.3 Å². The zero-order valence-electron chi connectivity index (χ0n) is 16.0. The van der Waals surface area contributed by atoms with Crippen LogP contribution in [0.4, 0.5) is 5.82 Å². The first kappa shape index (κ1) is 17.5. The molecule has 1 aromatic carbocycles. The molecule has 1 fully saturated rings. The molecular weight excluding hydrogens is 340 g/mol. The average Bonchev–Trinajstić information content (AvgIpc) is 3.28. The van der Waals surface area contributed by atoms with Crippen LogP contribution in [0.1, 0.15) is 48.4 Å². The maximum atomic E-state index is 13.4. The average molecular weight is 364 g/mol. The van der Waals surface area contributed by atoms with Crippen molar-refractivity contribution in [2.45, 2.75) is 45.7 Å². The molecule has 27 heavy (non-hydrogen) atoms. The summed E-state index contributed by atoms with van der Waals surface area (Å²) in [4.78, 5) is 23.9. The SMILES string of the molecule is CCN(Cc1ccccc1)C(=O)c1c(C)oc2ncnc(NC3(C)CC3)c12. The standard InChI is InChI=1S/C21H24N4O2/c1-4-25(12-15-8-6-5-7-9-15)20(26)16-14(2)27-19-17(16)18(22-13-23-19)24-21(3)10-11-21/h5-9,13H,4,10-12H2,1-3H3,(H,22,23,24). The summed E-state index contributed by atoms with van der Waals surface area (Å²) in [7, 11) is 0. The van der Waals surface area contributed by atoms with Crippen LogP contribution in [0, 0.1) is 6.92 Å². The molecule has 0 unspecified atom stereocenters. The zero-order chi connectivity index (χ0) is 19.0. The summed E-state index contributed by atoms with van der Waals surface area (Å²) in [6.07, 6.45) is 3.66. The lowest BCUT2D eigenvalue weighted by atomic mass is 10.1. The lowest BCUT2D eigenvalue weighted by Crippen LogP contribution is -2.30. The lowest BCUT2D eigenvalue weighted by Gasteiger charge is -2.21. The fourth-order valence-corrected chi connectivity index (χ4v) is 3.28. The third-order valence-electron chi connectivity index (χ3n) is 5.18. The molecule has 1 aliphatic carbocycles. The Labute approximate surface area is 158 Å². The number of nitrogens with one attached hydrogen (secondary N) is 1. The van der Waals surface area contributed by atoms with Gasteiger partial charge in [0.05, 0.1) is 10.9 Å². The summed E-state index contributed by atoms with van der Waals surface area (Å²) < 4.78 is 5.80. The van der Waals surface area contributed by atoms with E-state index in [1.54, 1.807) is 0 Å². The van der Waals surface area contributed by atoms with Crippen molar-refractivity contribution in [3.8, 4) is 0 Å². The minimum Gasteiger partial charge on any atom is -0.442 e. The van der Waals surface area contributed by atoms with Gasteiger partial charge in [-0.05, 0) is 39.2 Å². The number of carbonyl (C=O) groups is 1. The van der Waals surface area contributed by atoms with E-state index < -0.39 is 0 Å². The molecule has 1 N–H and O–H groups in total. The number of fused-ring (bicyclic) bond motifs is 1. The van der Waals surface area contributed by atoms with Gasteiger partial charge < -0.3 is 14.6 Å². The van der Waals surface area contributed by atoms with Crippen molar-refractivity contribution < 1.29 is 9.21 Å². The molecule has 1 amide bonds. The Kier molecular flexibility index (Phi) is 4.34. The summed E-state index contributed by atoms with van der Waals surface area (Å²) in [5.41, 5.74) is 2.14. The van der Waals surface area contributed by atoms with Crippen LogP contribution in [0.2, 0.25) is 0 Å². The Hall–Kier alpha value is -2.89. The molecule has 4 rings (SSSR count). The van der Waals surface area contributed by atoms with Gasteiger partial charge in [-0.2, -0.15) is 0 Å². The number of rotatable bonds is 6. The lowest BCUT2D eigenvalue weighted by molar-refractivity contribution is 0.0752. The van der Waals surface area contributed by atoms with Crippen LogP contribution in [0.15, 0.2) is 41.1 Å². The van der Waals surface area contributed by atoms with Crippen LogP contribution in [-0.4, -0.2) is 32.9 Å². The number of hydrogen-bond donors (Lipinski definition) is 1. The van der Waals surface area contributed by atoms with Crippen molar-refractivity contribution in [3.05, 3.63) is 53.5 Å². The van der Waals surface area contributed by atoms with Gasteiger partial charge in [-0.25, -0.2) is 9.97 Å². The number of anilines is 1. The molecule has 0 saturated heterocycles. The third kappa shape index (κ3) is 3.39. The van der Waals surface area contributed by atoms with E-state index in [4.69, 9.17) is 4.42 Å². The number of aryl methyl sites for hydroxylation is 1. The number of furan rings is 1. The van der Waals surface area contributed by atoms with E-state index in [9.17, 15) is 4.79 Å². The van der Waals surface area contributed by atoms with Crippen molar-refractivity contribution in [2.75, 3.05) is 11.9 Å². The summed E-state index contributed by atoms with van der Waals surface area (Å²) >= 11 is 0. The Balaban J connectivity index is 1.73. The third-order valence-corrected chi connectivity index (χ3v) is 5.18. The van der Waals surface area contributed by atoms with Crippen LogP contribution in [-0.2, 0) is 6.54 Å². The fourth-order valence-electron chi connectivity index (χ4n) is 3.28. The highest BCUT2D eigenvalue weighted by Crippen LogP contribution is 2.40. The van der Waals surface area contributed by atoms with Gasteiger partial charge in [0.25, 0.3) is 5.91 Å². The number of hydrogen-bond acceptors (Lipinski definition) is 5. The highest BCUT2D eigenvalue weighted by Gasteiger charge is 2.38. The van der Waals surface area contributed by atoms with Crippen molar-refractivity contribution in [1.82, 2.24) is 14.9 Å². The second-order valence-electron chi connectivity index (χ2n) is 7.43. The van der Waals surface area contributed by atoms with Gasteiger partial charge in [-0.15, -0.1) is 0 Å². The van der Waals surface area contributed by atoms with Crippen molar-refractivity contribution in [1.29, 1.82) is 0 Å². The molecule has 1 saturated carbocycles. The van der Waals surface area contributed by atoms with Gasteiger partial charge >= 0.3 is 0 Å². The largest absolute Gasteiger partial charge is 0.442 e. The van der Waals surface area contributed by atoms with E-state index in [-0.39, 0.29) is 11.4 Å². The van der Waals surface area contributed by atoms with E-state index in [1.165, 1.54) is 6.33 Å². The molecule has 140 valence electrons. The van der Waals surface area contributed by atoms with Crippen molar-refractivity contribution >= 4 is 22.8 Å². The first-order valence-corrected chi connectivity index (χ1v) is 9.36. The Morgan fingerprint density at radius 1 is 1.26 bits per heavy atom. The van der Waals surface area contributed by atoms with Gasteiger partial charge in [0, 0.05) is 18.6 Å². The van der Waals surface area contributed by atoms with Crippen LogP contribution in [0.3, 0.4) is 0 Å². The van der Waals surface area contributed by atoms with Gasteiger partial charge in [0.15, 0.2) is 0 Å². The predicted octanol–water partition coefficient (Wildman–Crippen LogP) is 4.16. The van der Waals surface area contributed by atoms with Crippen LogP contribution < -0.4 is 5.32 Å². The fraction of sp³-hybridized carbons (Fsp3) is 0.381. The highest BCUT2D eigenvalue weighted by molar-refractivity contribution is 6.10. The molecule has 6 heteroatoms. The van der Waals surface area contributed by atoms with E-state index in [1.807, 2.05) is 49.1 Å². The number of aromatic nitrogens is 2. The van der Waals surface area contributed by atoms with Gasteiger partial charge in [-0.1, -0.05) is 30.3 Å². The van der Waals surface area contributed by atoms with Gasteiger partial charge in [0.2, 0.25) is 5.71 Å². The maximum Gasteiger partial charge on any atom is 0.258 e. The van der Waals surface area contributed by atoms with Gasteiger partial charge in [0.1, 0.15) is 17.9 Å². The smallest absolute Gasteiger partial charge is 0.258 e. The van der Waals surface area contributed by atoms with E-state index >= 15 is 0 Å². The second-order valence-corrected chi connectivity index (χ2v) is 7.43. The number of nitrogens with zero attached hydrogens (tertiary/aromatic N) is 3. The van der Waals surface area contributed by atoms with Crippen molar-refractivity contribution in [3.63, 3.8) is 0 Å². The molecule has 6 nitrogen and oxygen atoms in total.